The van der Waals surface area contributed by atoms with Crippen LogP contribution in [0, 0.1) is 10.8 Å². The van der Waals surface area contributed by atoms with Crippen molar-refractivity contribution in [3.8, 4) is 0 Å². The van der Waals surface area contributed by atoms with Gasteiger partial charge in [0.15, 0.2) is 0 Å². The number of hydrogen-bond acceptors (Lipinski definition) is 3. The molecule has 4 heteroatoms. The fraction of sp³-hybridized carbons (Fsp3) is 0.958. The molecule has 2 bridgehead atoms. The van der Waals surface area contributed by atoms with Gasteiger partial charge in [0.1, 0.15) is 0 Å². The van der Waals surface area contributed by atoms with Crippen LogP contribution in [0.5, 0.6) is 0 Å². The van der Waals surface area contributed by atoms with E-state index in [-0.39, 0.29) is 22.7 Å². The first-order chi connectivity index (χ1) is 12.9. The van der Waals surface area contributed by atoms with Crippen LogP contribution in [0.4, 0.5) is 0 Å². The van der Waals surface area contributed by atoms with Crippen molar-refractivity contribution in [2.75, 3.05) is 19.7 Å². The summed E-state index contributed by atoms with van der Waals surface area (Å²) in [6, 6.07) is 0. The molecule has 4 rings (SSSR count). The highest BCUT2D eigenvalue weighted by molar-refractivity contribution is 5.87. The fourth-order valence-electron chi connectivity index (χ4n) is 5.51. The lowest BCUT2D eigenvalue weighted by molar-refractivity contribution is -0.229. The van der Waals surface area contributed by atoms with Crippen molar-refractivity contribution in [2.24, 2.45) is 10.8 Å². The zero-order chi connectivity index (χ0) is 20.6. The summed E-state index contributed by atoms with van der Waals surface area (Å²) >= 11 is 0. The number of ether oxygens (including phenoxy) is 2. The maximum Gasteiger partial charge on any atom is 0.229 e. The molecule has 4 fully saturated rings. The molecule has 162 valence electrons. The molecule has 3 aliphatic carbocycles. The summed E-state index contributed by atoms with van der Waals surface area (Å²) in [4.78, 5) is 14.9. The van der Waals surface area contributed by atoms with Crippen LogP contribution in [-0.2, 0) is 14.3 Å². The van der Waals surface area contributed by atoms with Crippen LogP contribution in [0.15, 0.2) is 0 Å². The van der Waals surface area contributed by atoms with Crippen LogP contribution < -0.4 is 0 Å². The van der Waals surface area contributed by atoms with E-state index in [4.69, 9.17) is 9.47 Å². The molecule has 0 unspecified atom stereocenters. The number of hydrogen-bond donors (Lipinski definition) is 0. The molecule has 1 aliphatic heterocycles. The van der Waals surface area contributed by atoms with Gasteiger partial charge in [0, 0.05) is 19.7 Å². The third-order valence-electron chi connectivity index (χ3n) is 6.64. The number of likely N-dealkylation sites (tertiary alicyclic amines) is 1. The molecule has 3 saturated carbocycles. The van der Waals surface area contributed by atoms with Crippen molar-refractivity contribution in [3.05, 3.63) is 0 Å². The van der Waals surface area contributed by atoms with E-state index in [9.17, 15) is 4.79 Å². The lowest BCUT2D eigenvalue weighted by Crippen LogP contribution is -2.71. The number of amides is 1. The number of carbonyl (C=O) groups excluding carboxylic acids is 1. The van der Waals surface area contributed by atoms with E-state index in [2.05, 4.69) is 41.5 Å². The summed E-state index contributed by atoms with van der Waals surface area (Å²) in [5, 5.41) is 0. The van der Waals surface area contributed by atoms with Crippen LogP contribution in [0.3, 0.4) is 0 Å². The third-order valence-corrected chi connectivity index (χ3v) is 6.64. The predicted molar refractivity (Wildman–Crippen MR) is 113 cm³/mol. The summed E-state index contributed by atoms with van der Waals surface area (Å²) in [5.74, 6) is 0.419. The standard InChI is InChI=1S/C24H43NO3/c1-21(2,3)27-13-11-9-7-8-10-12-23-16-24(17-23,18-23)20(26)25-14-19(15-25)28-22(4,5)6/h19H,7-18H2,1-6H3. The van der Waals surface area contributed by atoms with E-state index >= 15 is 0 Å². The molecule has 4 nitrogen and oxygen atoms in total. The Balaban J connectivity index is 1.22. The zero-order valence-electron chi connectivity index (χ0n) is 19.2. The average molecular weight is 394 g/mol. The Morgan fingerprint density at radius 1 is 0.893 bits per heavy atom. The molecule has 0 aromatic carbocycles. The Hall–Kier alpha value is -0.610. The van der Waals surface area contributed by atoms with Gasteiger partial charge in [-0.25, -0.2) is 0 Å². The Morgan fingerprint density at radius 2 is 1.46 bits per heavy atom. The number of nitrogens with zero attached hydrogens (tertiary/aromatic N) is 1. The van der Waals surface area contributed by atoms with Crippen molar-refractivity contribution in [1.29, 1.82) is 0 Å². The summed E-state index contributed by atoms with van der Waals surface area (Å²) in [7, 11) is 0. The average Bonchev–Trinajstić information content (AvgIpc) is 2.43. The van der Waals surface area contributed by atoms with Gasteiger partial charge in [0.05, 0.1) is 22.7 Å². The van der Waals surface area contributed by atoms with E-state index in [0.717, 1.165) is 39.0 Å². The second-order valence-electron chi connectivity index (χ2n) is 11.9. The molecule has 0 spiro atoms. The second kappa shape index (κ2) is 7.91. The molecule has 0 aromatic heterocycles. The summed E-state index contributed by atoms with van der Waals surface area (Å²) in [5.41, 5.74) is 0.433. The summed E-state index contributed by atoms with van der Waals surface area (Å²) < 4.78 is 11.7. The summed E-state index contributed by atoms with van der Waals surface area (Å²) in [6.07, 6.45) is 11.4. The molecule has 1 saturated heterocycles. The van der Waals surface area contributed by atoms with Gasteiger partial charge in [0.2, 0.25) is 5.91 Å². The van der Waals surface area contributed by atoms with E-state index in [1.165, 1.54) is 38.5 Å². The molecule has 0 atom stereocenters. The first-order valence-corrected chi connectivity index (χ1v) is 11.5. The number of unbranched alkanes of at least 4 members (excludes halogenated alkanes) is 4. The lowest BCUT2D eigenvalue weighted by Gasteiger charge is -2.71. The molecule has 28 heavy (non-hydrogen) atoms. The maximum atomic E-state index is 12.8. The van der Waals surface area contributed by atoms with Crippen molar-refractivity contribution in [2.45, 2.75) is 117 Å². The van der Waals surface area contributed by atoms with Crippen LogP contribution in [0.1, 0.15) is 99.3 Å². The van der Waals surface area contributed by atoms with Gasteiger partial charge in [-0.05, 0) is 79.1 Å². The van der Waals surface area contributed by atoms with Crippen LogP contribution in [0.2, 0.25) is 0 Å². The Labute approximate surface area is 172 Å². The topological polar surface area (TPSA) is 38.8 Å². The highest BCUT2D eigenvalue weighted by Gasteiger charge is 2.71. The van der Waals surface area contributed by atoms with Gasteiger partial charge in [-0.1, -0.05) is 25.7 Å². The van der Waals surface area contributed by atoms with Crippen molar-refractivity contribution >= 4 is 5.91 Å². The quantitative estimate of drug-likeness (QED) is 0.470. The van der Waals surface area contributed by atoms with E-state index in [0.29, 0.717) is 11.3 Å². The minimum absolute atomic E-state index is 0.00583. The van der Waals surface area contributed by atoms with E-state index < -0.39 is 0 Å². The fourth-order valence-corrected chi connectivity index (χ4v) is 5.51. The molecule has 1 amide bonds. The van der Waals surface area contributed by atoms with Crippen molar-refractivity contribution in [1.82, 2.24) is 4.90 Å². The van der Waals surface area contributed by atoms with Crippen LogP contribution in [0.25, 0.3) is 0 Å². The van der Waals surface area contributed by atoms with Crippen LogP contribution >= 0.6 is 0 Å². The molecular formula is C24H43NO3. The van der Waals surface area contributed by atoms with Crippen LogP contribution in [-0.4, -0.2) is 47.8 Å². The smallest absolute Gasteiger partial charge is 0.229 e. The Morgan fingerprint density at radius 3 is 2.04 bits per heavy atom. The molecule has 4 aliphatic rings. The SMILES string of the molecule is CC(C)(C)OCCCCCCCC12CC(C(=O)N3CC(OC(C)(C)C)C3)(C1)C2. The molecule has 1 heterocycles. The Bertz CT molecular complexity index is 531. The van der Waals surface area contributed by atoms with E-state index in [1.54, 1.807) is 0 Å². The van der Waals surface area contributed by atoms with Gasteiger partial charge in [-0.2, -0.15) is 0 Å². The van der Waals surface area contributed by atoms with Crippen molar-refractivity contribution in [3.63, 3.8) is 0 Å². The van der Waals surface area contributed by atoms with Gasteiger partial charge < -0.3 is 14.4 Å². The third kappa shape index (κ3) is 5.30. The predicted octanol–water partition coefficient (Wildman–Crippen LogP) is 5.34. The molecule has 0 N–H and O–H groups in total. The normalized spacial score (nSPS) is 29.9. The molecule has 0 radical (unpaired) electrons. The van der Waals surface area contributed by atoms with Gasteiger partial charge in [-0.15, -0.1) is 0 Å². The highest BCUT2D eigenvalue weighted by atomic mass is 16.5. The zero-order valence-corrected chi connectivity index (χ0v) is 19.2. The summed E-state index contributed by atoms with van der Waals surface area (Å²) in [6.45, 7) is 15.1. The monoisotopic (exact) mass is 393 g/mol. The highest BCUT2D eigenvalue weighted by Crippen LogP contribution is 2.75. The number of carbonyl (C=O) groups is 1. The second-order valence-corrected chi connectivity index (χ2v) is 11.9. The number of rotatable bonds is 10. The van der Waals surface area contributed by atoms with E-state index in [1.807, 2.05) is 4.90 Å². The minimum Gasteiger partial charge on any atom is -0.376 e. The van der Waals surface area contributed by atoms with Gasteiger partial charge in [-0.3, -0.25) is 4.79 Å². The minimum atomic E-state index is -0.111. The molecular weight excluding hydrogens is 350 g/mol. The molecule has 0 aromatic rings. The van der Waals surface area contributed by atoms with Gasteiger partial charge >= 0.3 is 0 Å². The maximum absolute atomic E-state index is 12.8. The first kappa shape index (κ1) is 22.1. The largest absolute Gasteiger partial charge is 0.376 e. The first-order valence-electron chi connectivity index (χ1n) is 11.5. The van der Waals surface area contributed by atoms with Crippen molar-refractivity contribution < 1.29 is 14.3 Å². The van der Waals surface area contributed by atoms with Gasteiger partial charge in [0.25, 0.3) is 0 Å². The Kier molecular flexibility index (Phi) is 6.23. The lowest BCUT2D eigenvalue weighted by atomic mass is 9.33.